The second kappa shape index (κ2) is 7.85. The summed E-state index contributed by atoms with van der Waals surface area (Å²) in [6.07, 6.45) is -1.99. The van der Waals surface area contributed by atoms with Gasteiger partial charge in [0.2, 0.25) is 5.60 Å². The van der Waals surface area contributed by atoms with Crippen LogP contribution in [0.1, 0.15) is 11.3 Å². The van der Waals surface area contributed by atoms with Crippen molar-refractivity contribution < 1.29 is 19.7 Å². The molecule has 3 heterocycles. The summed E-state index contributed by atoms with van der Waals surface area (Å²) < 4.78 is 14.1. The number of aliphatic hydroxyl groups excluding tert-OH is 2. The van der Waals surface area contributed by atoms with Crippen LogP contribution in [-0.2, 0) is 21.7 Å². The van der Waals surface area contributed by atoms with Gasteiger partial charge >= 0.3 is 0 Å². The van der Waals surface area contributed by atoms with Crippen molar-refractivity contribution in [2.75, 3.05) is 12.3 Å². The van der Waals surface area contributed by atoms with Gasteiger partial charge in [0.25, 0.3) is 0 Å². The van der Waals surface area contributed by atoms with E-state index in [2.05, 4.69) is 38.7 Å². The number of nitrogens with two attached hydrogens (primary N) is 1. The molecule has 29 heavy (non-hydrogen) atoms. The van der Waals surface area contributed by atoms with Crippen molar-refractivity contribution in [2.24, 2.45) is 0 Å². The van der Waals surface area contributed by atoms with Gasteiger partial charge in [-0.25, -0.2) is 9.50 Å². The lowest BCUT2D eigenvalue weighted by Gasteiger charge is -2.28. The second-order valence-corrected chi connectivity index (χ2v) is 7.84. The van der Waals surface area contributed by atoms with Crippen molar-refractivity contribution in [1.82, 2.24) is 14.6 Å². The molecule has 0 saturated carbocycles. The van der Waals surface area contributed by atoms with Gasteiger partial charge < -0.3 is 25.4 Å². The highest BCUT2D eigenvalue weighted by Gasteiger charge is 2.59. The quantitative estimate of drug-likeness (QED) is 0.435. The van der Waals surface area contributed by atoms with Crippen LogP contribution in [0.15, 0.2) is 42.7 Å². The normalized spacial score (nSPS) is 26.6. The maximum atomic E-state index is 10.8. The number of nitrogen functional groups attached to an aromatic ring is 1. The number of aromatic nitrogens is 3. The number of hydrogen-bond donors (Lipinski definition) is 3. The van der Waals surface area contributed by atoms with Crippen LogP contribution in [0.3, 0.4) is 0 Å². The van der Waals surface area contributed by atoms with Crippen LogP contribution in [0.2, 0.25) is 0 Å². The zero-order chi connectivity index (χ0) is 20.6. The lowest BCUT2D eigenvalue weighted by Crippen LogP contribution is -2.43. The molecular formula is C19H18IN5O4. The van der Waals surface area contributed by atoms with Gasteiger partial charge in [0.05, 0.1) is 18.9 Å². The van der Waals surface area contributed by atoms with Crippen LogP contribution in [0.25, 0.3) is 5.52 Å². The van der Waals surface area contributed by atoms with E-state index in [1.165, 1.54) is 10.8 Å². The van der Waals surface area contributed by atoms with E-state index in [4.69, 9.17) is 15.2 Å². The van der Waals surface area contributed by atoms with Gasteiger partial charge in [-0.05, 0) is 34.2 Å². The van der Waals surface area contributed by atoms with Crippen LogP contribution in [-0.4, -0.2) is 49.7 Å². The van der Waals surface area contributed by atoms with Gasteiger partial charge in [-0.15, -0.1) is 0 Å². The lowest BCUT2D eigenvalue weighted by molar-refractivity contribution is -0.0893. The minimum Gasteiger partial charge on any atom is -0.394 e. The number of hydrogen-bond acceptors (Lipinski definition) is 8. The number of ether oxygens (including phenoxy) is 2. The molecule has 0 aliphatic carbocycles. The lowest BCUT2D eigenvalue weighted by atomic mass is 9.92. The molecule has 10 heteroatoms. The minimum atomic E-state index is -1.70. The Kier molecular flexibility index (Phi) is 5.41. The van der Waals surface area contributed by atoms with E-state index in [1.54, 1.807) is 6.07 Å². The molecule has 1 aliphatic heterocycles. The summed E-state index contributed by atoms with van der Waals surface area (Å²) in [5.74, 6) is 0.253. The fourth-order valence-corrected chi connectivity index (χ4v) is 4.37. The molecule has 0 amide bonds. The molecule has 150 valence electrons. The maximum absolute atomic E-state index is 10.8. The molecular weight excluding hydrogens is 489 g/mol. The number of halogens is 1. The van der Waals surface area contributed by atoms with E-state index >= 15 is 0 Å². The summed E-state index contributed by atoms with van der Waals surface area (Å²) in [7, 11) is 0. The fraction of sp³-hybridized carbons (Fsp3) is 0.316. The first-order valence-electron chi connectivity index (χ1n) is 8.83. The molecule has 4 rings (SSSR count). The zero-order valence-corrected chi connectivity index (χ0v) is 17.3. The Labute approximate surface area is 179 Å². The van der Waals surface area contributed by atoms with E-state index in [0.29, 0.717) is 11.2 Å². The minimum absolute atomic E-state index is 0.158. The number of nitrogens with zero attached hydrogens (tertiary/aromatic N) is 4. The van der Waals surface area contributed by atoms with Crippen molar-refractivity contribution in [2.45, 2.75) is 30.5 Å². The third kappa shape index (κ3) is 3.24. The first-order valence-corrected chi connectivity index (χ1v) is 9.91. The molecule has 1 fully saturated rings. The Balaban J connectivity index is 1.81. The molecule has 2 aromatic heterocycles. The van der Waals surface area contributed by atoms with Crippen LogP contribution in [0.4, 0.5) is 5.82 Å². The van der Waals surface area contributed by atoms with Gasteiger partial charge in [-0.1, -0.05) is 30.3 Å². The van der Waals surface area contributed by atoms with Crippen molar-refractivity contribution in [3.8, 4) is 6.07 Å². The Hall–Kier alpha value is -2.30. The van der Waals surface area contributed by atoms with Crippen molar-refractivity contribution in [1.29, 1.82) is 5.26 Å². The summed E-state index contributed by atoms with van der Waals surface area (Å²) >= 11 is 2.07. The number of rotatable bonds is 5. The Bertz CT molecular complexity index is 1070. The number of benzene rings is 1. The predicted molar refractivity (Wildman–Crippen MR) is 110 cm³/mol. The summed E-state index contributed by atoms with van der Waals surface area (Å²) in [6.45, 7) is -0.307. The maximum Gasteiger partial charge on any atom is 0.225 e. The first kappa shape index (κ1) is 20.0. The van der Waals surface area contributed by atoms with Gasteiger partial charge in [-0.2, -0.15) is 10.4 Å². The fourth-order valence-electron chi connectivity index (χ4n) is 3.57. The Morgan fingerprint density at radius 3 is 2.83 bits per heavy atom. The monoisotopic (exact) mass is 507 g/mol. The average Bonchev–Trinajstić information content (AvgIpc) is 3.23. The Morgan fingerprint density at radius 1 is 1.38 bits per heavy atom. The molecule has 4 N–H and O–H groups in total. The highest BCUT2D eigenvalue weighted by atomic mass is 127. The molecule has 0 unspecified atom stereocenters. The van der Waals surface area contributed by atoms with E-state index in [1.807, 2.05) is 30.3 Å². The molecule has 1 aromatic carbocycles. The molecule has 1 aliphatic rings. The van der Waals surface area contributed by atoms with E-state index in [-0.39, 0.29) is 12.4 Å². The molecule has 3 aromatic rings. The average molecular weight is 507 g/mol. The predicted octanol–water partition coefficient (Wildman–Crippen LogP) is 0.972. The molecule has 0 bridgehead atoms. The summed E-state index contributed by atoms with van der Waals surface area (Å²) in [5.41, 5.74) is 6.04. The third-order valence-electron chi connectivity index (χ3n) is 4.96. The highest BCUT2D eigenvalue weighted by Crippen LogP contribution is 2.43. The molecule has 1 saturated heterocycles. The van der Waals surface area contributed by atoms with Crippen molar-refractivity contribution in [3.05, 3.63) is 57.6 Å². The molecule has 9 nitrogen and oxygen atoms in total. The standard InChI is InChI=1S/C19H18IN5O4/c20-12-6-14(25-15(12)18(22)23-10-24-25)19(9-21)17(16(27)13(7-26)29-19)28-8-11-4-2-1-3-5-11/h1-6,10,13,16-17,26-27H,7-8H2,(H2,22,23,24)/t13-,16-,17-,19+/m1/s1. The van der Waals surface area contributed by atoms with Crippen LogP contribution >= 0.6 is 22.6 Å². The molecule has 0 spiro atoms. The number of fused-ring (bicyclic) bond motifs is 1. The van der Waals surface area contributed by atoms with Gasteiger partial charge in [0.15, 0.2) is 5.82 Å². The number of aliphatic hydroxyl groups is 2. The van der Waals surface area contributed by atoms with E-state index < -0.39 is 30.5 Å². The van der Waals surface area contributed by atoms with Crippen LogP contribution in [0.5, 0.6) is 0 Å². The van der Waals surface area contributed by atoms with E-state index in [0.717, 1.165) is 9.13 Å². The van der Waals surface area contributed by atoms with Crippen molar-refractivity contribution >= 4 is 33.9 Å². The van der Waals surface area contributed by atoms with Gasteiger partial charge in [0.1, 0.15) is 36.2 Å². The topological polar surface area (TPSA) is 139 Å². The SMILES string of the molecule is N#C[C@@]1(c2cc(I)c3c(N)ncnn23)O[C@H](CO)[C@@H](O)[C@H]1OCc1ccccc1. The zero-order valence-electron chi connectivity index (χ0n) is 15.1. The van der Waals surface area contributed by atoms with Gasteiger partial charge in [0, 0.05) is 3.57 Å². The van der Waals surface area contributed by atoms with Crippen LogP contribution in [0, 0.1) is 14.9 Å². The molecule has 0 radical (unpaired) electrons. The second-order valence-electron chi connectivity index (χ2n) is 6.68. The third-order valence-corrected chi connectivity index (χ3v) is 5.79. The Morgan fingerprint density at radius 2 is 2.14 bits per heavy atom. The number of anilines is 1. The molecule has 4 atom stereocenters. The summed E-state index contributed by atoms with van der Waals surface area (Å²) in [4.78, 5) is 3.99. The van der Waals surface area contributed by atoms with Crippen molar-refractivity contribution in [3.63, 3.8) is 0 Å². The summed E-state index contributed by atoms with van der Waals surface area (Å²) in [6, 6.07) is 13.2. The van der Waals surface area contributed by atoms with Crippen LogP contribution < -0.4 is 5.73 Å². The highest BCUT2D eigenvalue weighted by molar-refractivity contribution is 14.1. The van der Waals surface area contributed by atoms with Gasteiger partial charge in [-0.3, -0.25) is 0 Å². The largest absolute Gasteiger partial charge is 0.394 e. The number of nitriles is 1. The summed E-state index contributed by atoms with van der Waals surface area (Å²) in [5, 5.41) is 34.8. The first-order chi connectivity index (χ1) is 14.0. The smallest absolute Gasteiger partial charge is 0.225 e. The van der Waals surface area contributed by atoms with E-state index in [9.17, 15) is 15.5 Å².